The van der Waals surface area contributed by atoms with Gasteiger partial charge in [-0.1, -0.05) is 5.92 Å². The Kier molecular flexibility index (Phi) is 3.11. The van der Waals surface area contributed by atoms with E-state index in [1.165, 1.54) is 4.90 Å². The molecule has 3 amide bonds. The number of hydrogen-bond donors (Lipinski definition) is 1. The van der Waals surface area contributed by atoms with Gasteiger partial charge in [-0.05, 0) is 24.6 Å². The van der Waals surface area contributed by atoms with Crippen LogP contribution < -0.4 is 10.1 Å². The number of rotatable bonds is 3. The summed E-state index contributed by atoms with van der Waals surface area (Å²) < 4.78 is 11.0. The number of amides is 3. The van der Waals surface area contributed by atoms with Crippen LogP contribution in [-0.4, -0.2) is 41.9 Å². The fourth-order valence-corrected chi connectivity index (χ4v) is 3.36. The number of nitrogens with one attached hydrogen (secondary N) is 1. The Hall–Kier alpha value is -2.85. The molecular formula is C17H14N2O5. The highest BCUT2D eigenvalue weighted by molar-refractivity contribution is 6.06. The van der Waals surface area contributed by atoms with Crippen LogP contribution in [0.1, 0.15) is 28.8 Å². The van der Waals surface area contributed by atoms with Gasteiger partial charge >= 0.3 is 0 Å². The zero-order chi connectivity index (χ0) is 16.9. The second kappa shape index (κ2) is 5.08. The lowest BCUT2D eigenvalue weighted by Gasteiger charge is -2.32. The Morgan fingerprint density at radius 3 is 2.88 bits per heavy atom. The monoisotopic (exact) mass is 326 g/mol. The van der Waals surface area contributed by atoms with Gasteiger partial charge in [0.2, 0.25) is 11.8 Å². The molecule has 24 heavy (non-hydrogen) atoms. The van der Waals surface area contributed by atoms with Crippen LogP contribution in [0.4, 0.5) is 0 Å². The lowest BCUT2D eigenvalue weighted by Crippen LogP contribution is -2.55. The zero-order valence-electron chi connectivity index (χ0n) is 12.7. The van der Waals surface area contributed by atoms with Crippen LogP contribution in [0.3, 0.4) is 0 Å². The molecule has 1 N–H and O–H groups in total. The van der Waals surface area contributed by atoms with Gasteiger partial charge in [-0.15, -0.1) is 6.42 Å². The Morgan fingerprint density at radius 1 is 1.42 bits per heavy atom. The van der Waals surface area contributed by atoms with Crippen molar-refractivity contribution in [2.75, 3.05) is 13.2 Å². The van der Waals surface area contributed by atoms with E-state index in [0.29, 0.717) is 23.5 Å². The van der Waals surface area contributed by atoms with Gasteiger partial charge in [0.25, 0.3) is 5.91 Å². The van der Waals surface area contributed by atoms with Crippen molar-refractivity contribution >= 4 is 17.7 Å². The van der Waals surface area contributed by atoms with Gasteiger partial charge in [-0.2, -0.15) is 0 Å². The summed E-state index contributed by atoms with van der Waals surface area (Å²) in [6.07, 6.45) is 5.67. The van der Waals surface area contributed by atoms with E-state index in [1.54, 1.807) is 18.2 Å². The van der Waals surface area contributed by atoms with E-state index < -0.39 is 17.7 Å². The quantitative estimate of drug-likeness (QED) is 0.485. The maximum Gasteiger partial charge on any atom is 0.257 e. The van der Waals surface area contributed by atoms with Gasteiger partial charge in [0, 0.05) is 17.5 Å². The van der Waals surface area contributed by atoms with E-state index in [9.17, 15) is 14.4 Å². The molecule has 7 nitrogen and oxygen atoms in total. The maximum absolute atomic E-state index is 12.8. The summed E-state index contributed by atoms with van der Waals surface area (Å²) in [4.78, 5) is 37.8. The van der Waals surface area contributed by atoms with E-state index in [0.717, 1.165) is 0 Å². The van der Waals surface area contributed by atoms with Crippen LogP contribution in [0.5, 0.6) is 5.75 Å². The number of epoxide rings is 1. The number of hydrogen-bond acceptors (Lipinski definition) is 5. The summed E-state index contributed by atoms with van der Waals surface area (Å²) in [5, 5.41) is 2.28. The number of carbonyl (C=O) groups excluding carboxylic acids is 3. The highest BCUT2D eigenvalue weighted by atomic mass is 16.6. The number of fused-ring (bicyclic) bond motifs is 2. The van der Waals surface area contributed by atoms with E-state index in [2.05, 4.69) is 11.2 Å². The predicted octanol–water partition coefficient (Wildman–Crippen LogP) is 0.143. The van der Waals surface area contributed by atoms with E-state index in [4.69, 9.17) is 15.9 Å². The molecule has 122 valence electrons. The third-order valence-corrected chi connectivity index (χ3v) is 4.51. The van der Waals surface area contributed by atoms with Crippen LogP contribution in [0.25, 0.3) is 0 Å². The number of terminal acetylenes is 1. The van der Waals surface area contributed by atoms with Crippen molar-refractivity contribution < 1.29 is 23.9 Å². The predicted molar refractivity (Wildman–Crippen MR) is 80.7 cm³/mol. The van der Waals surface area contributed by atoms with Gasteiger partial charge in [0.15, 0.2) is 5.72 Å². The van der Waals surface area contributed by atoms with Crippen molar-refractivity contribution in [3.8, 4) is 18.1 Å². The summed E-state index contributed by atoms with van der Waals surface area (Å²) in [6, 6.07) is 4.32. The Labute approximate surface area is 137 Å². The highest BCUT2D eigenvalue weighted by Gasteiger charge is 2.63. The molecule has 3 heterocycles. The summed E-state index contributed by atoms with van der Waals surface area (Å²) in [5.74, 6) is 1.86. The molecule has 0 radical (unpaired) electrons. The minimum atomic E-state index is -0.940. The van der Waals surface area contributed by atoms with E-state index in [1.807, 2.05) is 0 Å². The number of carbonyl (C=O) groups is 3. The molecule has 0 bridgehead atoms. The fraction of sp³-hybridized carbons (Fsp3) is 0.353. The molecule has 1 aromatic rings. The van der Waals surface area contributed by atoms with Gasteiger partial charge in [-0.3, -0.25) is 24.6 Å². The van der Waals surface area contributed by atoms with Gasteiger partial charge < -0.3 is 9.47 Å². The van der Waals surface area contributed by atoms with Crippen molar-refractivity contribution in [2.24, 2.45) is 0 Å². The molecule has 3 aliphatic rings. The molecule has 1 spiro atoms. The average Bonchev–Trinajstić information content (AvgIpc) is 3.32. The number of nitrogens with zero attached hydrogens (tertiary/aromatic N) is 1. The summed E-state index contributed by atoms with van der Waals surface area (Å²) in [7, 11) is 0. The minimum absolute atomic E-state index is 0.122. The maximum atomic E-state index is 12.8. The van der Waals surface area contributed by atoms with Crippen LogP contribution in [0.15, 0.2) is 18.2 Å². The summed E-state index contributed by atoms with van der Waals surface area (Å²) in [5.41, 5.74) is 0.210. The Balaban J connectivity index is 1.69. The summed E-state index contributed by atoms with van der Waals surface area (Å²) in [6.45, 7) is 0.430. The minimum Gasteiger partial charge on any atom is -0.481 e. The van der Waals surface area contributed by atoms with Crippen LogP contribution in [-0.2, 0) is 20.1 Å². The third kappa shape index (κ3) is 2.00. The van der Waals surface area contributed by atoms with Gasteiger partial charge in [0.1, 0.15) is 25.0 Å². The standard InChI is InChI=1S/C17H14N2O5/c1-2-7-23-10-3-4-11-12(8-10)17(9-24-17)19(16(11)22)13-5-6-14(20)18-15(13)21/h1,3-4,8,13H,5-7,9H2,(H,18,20,21). The Morgan fingerprint density at radius 2 is 2.21 bits per heavy atom. The lowest BCUT2D eigenvalue weighted by molar-refractivity contribution is -0.138. The highest BCUT2D eigenvalue weighted by Crippen LogP contribution is 2.51. The molecular weight excluding hydrogens is 312 g/mol. The van der Waals surface area contributed by atoms with Crippen LogP contribution >= 0.6 is 0 Å². The third-order valence-electron chi connectivity index (χ3n) is 4.51. The smallest absolute Gasteiger partial charge is 0.257 e. The molecule has 3 aliphatic heterocycles. The molecule has 2 fully saturated rings. The van der Waals surface area contributed by atoms with Crippen molar-refractivity contribution in [1.82, 2.24) is 10.2 Å². The summed E-state index contributed by atoms with van der Waals surface area (Å²) >= 11 is 0. The van der Waals surface area contributed by atoms with E-state index >= 15 is 0 Å². The first kappa shape index (κ1) is 14.7. The molecule has 2 saturated heterocycles. The molecule has 0 aliphatic carbocycles. The number of ether oxygens (including phenoxy) is 2. The molecule has 0 aromatic heterocycles. The SMILES string of the molecule is C#CCOc1ccc2c(c1)C1(CO1)N(C1CCC(=O)NC1=O)C2=O. The fourth-order valence-electron chi connectivity index (χ4n) is 3.36. The van der Waals surface area contributed by atoms with E-state index in [-0.39, 0.29) is 31.3 Å². The second-order valence-corrected chi connectivity index (χ2v) is 5.92. The molecule has 0 saturated carbocycles. The zero-order valence-corrected chi connectivity index (χ0v) is 12.7. The normalized spacial score (nSPS) is 27.7. The molecule has 2 unspecified atom stereocenters. The number of benzene rings is 1. The topological polar surface area (TPSA) is 88.2 Å². The van der Waals surface area contributed by atoms with Gasteiger partial charge in [0.05, 0.1) is 0 Å². The molecule has 7 heteroatoms. The largest absolute Gasteiger partial charge is 0.481 e. The van der Waals surface area contributed by atoms with Crippen LogP contribution in [0, 0.1) is 12.3 Å². The Bertz CT molecular complexity index is 806. The first-order valence-corrected chi connectivity index (χ1v) is 7.59. The van der Waals surface area contributed by atoms with Gasteiger partial charge in [-0.25, -0.2) is 0 Å². The first-order valence-electron chi connectivity index (χ1n) is 7.59. The van der Waals surface area contributed by atoms with Crippen molar-refractivity contribution in [3.05, 3.63) is 29.3 Å². The molecule has 2 atom stereocenters. The van der Waals surface area contributed by atoms with Crippen molar-refractivity contribution in [2.45, 2.75) is 24.6 Å². The molecule has 4 rings (SSSR count). The van der Waals surface area contributed by atoms with Crippen molar-refractivity contribution in [3.63, 3.8) is 0 Å². The van der Waals surface area contributed by atoms with Crippen LogP contribution in [0.2, 0.25) is 0 Å². The lowest BCUT2D eigenvalue weighted by atomic mass is 10.0. The molecule has 1 aromatic carbocycles. The second-order valence-electron chi connectivity index (χ2n) is 5.92. The first-order chi connectivity index (χ1) is 11.6. The number of piperidine rings is 1. The average molecular weight is 326 g/mol. The number of imide groups is 1. The van der Waals surface area contributed by atoms with Crippen molar-refractivity contribution in [1.29, 1.82) is 0 Å².